The molecule has 1 aliphatic carbocycles. The third-order valence-electron chi connectivity index (χ3n) is 7.70. The van der Waals surface area contributed by atoms with E-state index >= 15 is 4.39 Å². The molecule has 2 aromatic heterocycles. The number of nitrogens with zero attached hydrogens (tertiary/aromatic N) is 4. The van der Waals surface area contributed by atoms with Gasteiger partial charge in [0.2, 0.25) is 17.3 Å². The van der Waals surface area contributed by atoms with Gasteiger partial charge in [0, 0.05) is 12.5 Å². The van der Waals surface area contributed by atoms with Crippen LogP contribution in [0.15, 0.2) is 41.2 Å². The van der Waals surface area contributed by atoms with Gasteiger partial charge in [0.05, 0.1) is 48.9 Å². The standard InChI is InChI=1S/C29H30F3N5O2/c1-18-20-9-8-10-22(24(20)30)29(31,32)17-39-14-7-5-4-6-13-37-19(2)35-25(34-18)21-15-23(28(16-33)11-12-28)27(38)36(3)26(21)37/h5,7-10,15,18H,4,6,11-14,17H2,1-3H3/p+1/b7-5-,34-25?/t18-/m1/s1. The normalized spacial score (nSPS) is 21.4. The minimum Gasteiger partial charge on any atom is -0.371 e. The van der Waals surface area contributed by atoms with Crippen molar-refractivity contribution in [3.63, 3.8) is 0 Å². The van der Waals surface area contributed by atoms with Gasteiger partial charge in [0.25, 0.3) is 5.92 Å². The minimum atomic E-state index is -3.51. The van der Waals surface area contributed by atoms with E-state index in [4.69, 9.17) is 9.72 Å². The van der Waals surface area contributed by atoms with E-state index in [0.717, 1.165) is 6.07 Å². The molecule has 6 rings (SSSR count). The smallest absolute Gasteiger partial charge is 0.311 e. The fourth-order valence-corrected chi connectivity index (χ4v) is 5.29. The molecule has 0 radical (unpaired) electrons. The monoisotopic (exact) mass is 538 g/mol. The number of halogens is 3. The summed E-state index contributed by atoms with van der Waals surface area (Å²) in [4.78, 5) is 18.2. The van der Waals surface area contributed by atoms with Crippen LogP contribution in [0.4, 0.5) is 19.0 Å². The van der Waals surface area contributed by atoms with E-state index in [-0.39, 0.29) is 17.7 Å². The Kier molecular flexibility index (Phi) is 6.97. The lowest BCUT2D eigenvalue weighted by atomic mass is 9.97. The highest BCUT2D eigenvalue weighted by Gasteiger charge is 2.48. The Hall–Kier alpha value is -3.71. The molecule has 1 atom stereocenters. The number of ether oxygens (including phenoxy) is 1. The fraction of sp³-hybridized carbons (Fsp3) is 0.448. The number of aryl methyl sites for hydroxylation is 3. The molecule has 7 nitrogen and oxygen atoms in total. The fourth-order valence-electron chi connectivity index (χ4n) is 5.29. The zero-order valence-electron chi connectivity index (χ0n) is 22.2. The van der Waals surface area contributed by atoms with Gasteiger partial charge in [-0.3, -0.25) is 4.79 Å². The topological polar surface area (TPSA) is 83.8 Å². The molecule has 1 saturated carbocycles. The van der Waals surface area contributed by atoms with Gasteiger partial charge in [-0.2, -0.15) is 14.0 Å². The summed E-state index contributed by atoms with van der Waals surface area (Å²) >= 11 is 0. The van der Waals surface area contributed by atoms with Gasteiger partial charge in [-0.05, 0) is 44.7 Å². The van der Waals surface area contributed by atoms with Crippen LogP contribution in [0, 0.1) is 24.1 Å². The number of nitrogens with one attached hydrogen (secondary N) is 1. The second-order valence-electron chi connectivity index (χ2n) is 10.4. The van der Waals surface area contributed by atoms with Crippen molar-refractivity contribution in [1.29, 1.82) is 5.26 Å². The summed E-state index contributed by atoms with van der Waals surface area (Å²) < 4.78 is 54.0. The molecular formula is C29H31F3N5O2+. The Morgan fingerprint density at radius 1 is 1.26 bits per heavy atom. The molecule has 0 saturated heterocycles. The molecule has 2 aliphatic heterocycles. The number of aromatic nitrogens is 3. The Morgan fingerprint density at radius 2 is 2.03 bits per heavy atom. The number of alkyl halides is 2. The van der Waals surface area contributed by atoms with Crippen molar-refractivity contribution in [2.24, 2.45) is 7.05 Å². The first kappa shape index (κ1) is 26.9. The van der Waals surface area contributed by atoms with Gasteiger partial charge in [0.1, 0.15) is 17.8 Å². The van der Waals surface area contributed by atoms with E-state index in [0.29, 0.717) is 60.5 Å². The van der Waals surface area contributed by atoms with Crippen LogP contribution in [0.1, 0.15) is 61.2 Å². The van der Waals surface area contributed by atoms with Crippen LogP contribution < -0.4 is 15.4 Å². The molecule has 39 heavy (non-hydrogen) atoms. The first-order chi connectivity index (χ1) is 18.6. The van der Waals surface area contributed by atoms with Crippen LogP contribution >= 0.6 is 0 Å². The summed E-state index contributed by atoms with van der Waals surface area (Å²) in [7, 11) is 1.68. The lowest BCUT2D eigenvalue weighted by molar-refractivity contribution is -0.683. The molecular weight excluding hydrogens is 507 g/mol. The van der Waals surface area contributed by atoms with Gasteiger partial charge >= 0.3 is 5.56 Å². The molecule has 0 unspecified atom stereocenters. The molecule has 204 valence electrons. The summed E-state index contributed by atoms with van der Waals surface area (Å²) in [5.41, 5.74) is -0.708. The predicted molar refractivity (Wildman–Crippen MR) is 140 cm³/mol. The van der Waals surface area contributed by atoms with Crippen LogP contribution in [0.3, 0.4) is 0 Å². The number of benzene rings is 1. The van der Waals surface area contributed by atoms with Gasteiger partial charge in [-0.1, -0.05) is 29.3 Å². The maximum absolute atomic E-state index is 15.5. The molecule has 3 aliphatic rings. The number of nitriles is 1. The lowest BCUT2D eigenvalue weighted by Crippen LogP contribution is -2.44. The molecule has 4 bridgehead atoms. The zero-order valence-corrected chi connectivity index (χ0v) is 22.2. The number of allylic oxidation sites excluding steroid dienone is 1. The number of rotatable bonds is 1. The van der Waals surface area contributed by atoms with Crippen molar-refractivity contribution in [3.8, 4) is 6.07 Å². The average Bonchev–Trinajstić information content (AvgIpc) is 3.69. The Balaban J connectivity index is 1.71. The first-order valence-corrected chi connectivity index (χ1v) is 13.1. The van der Waals surface area contributed by atoms with Crippen molar-refractivity contribution in [2.75, 3.05) is 18.5 Å². The maximum Gasteiger partial charge on any atom is 0.311 e. The number of anilines is 1. The Morgan fingerprint density at radius 3 is 2.74 bits per heavy atom. The highest BCUT2D eigenvalue weighted by molar-refractivity contribution is 5.86. The van der Waals surface area contributed by atoms with Crippen LogP contribution in [-0.2, 0) is 29.7 Å². The summed E-state index contributed by atoms with van der Waals surface area (Å²) in [6.07, 6.45) is 6.10. The van der Waals surface area contributed by atoms with E-state index in [1.165, 1.54) is 12.1 Å². The Labute approximate surface area is 224 Å². The summed E-state index contributed by atoms with van der Waals surface area (Å²) in [6, 6.07) is 7.23. The number of fused-ring (bicyclic) bond motifs is 9. The summed E-state index contributed by atoms with van der Waals surface area (Å²) in [6.45, 7) is 3.11. The van der Waals surface area contributed by atoms with Crippen molar-refractivity contribution in [1.82, 2.24) is 9.55 Å². The van der Waals surface area contributed by atoms with E-state index in [9.17, 15) is 18.8 Å². The van der Waals surface area contributed by atoms with Crippen LogP contribution in [0.2, 0.25) is 0 Å². The van der Waals surface area contributed by atoms with Crippen LogP contribution in [0.5, 0.6) is 0 Å². The van der Waals surface area contributed by atoms with Gasteiger partial charge < -0.3 is 10.1 Å². The van der Waals surface area contributed by atoms with Crippen LogP contribution in [0.25, 0.3) is 11.0 Å². The minimum absolute atomic E-state index is 0.0157. The molecule has 1 N–H and O–H groups in total. The van der Waals surface area contributed by atoms with Gasteiger partial charge in [0.15, 0.2) is 0 Å². The third-order valence-corrected chi connectivity index (χ3v) is 7.70. The van der Waals surface area contributed by atoms with Gasteiger partial charge in [-0.15, -0.1) is 0 Å². The molecule has 1 aromatic carbocycles. The lowest BCUT2D eigenvalue weighted by Gasteiger charge is -2.22. The molecule has 0 spiro atoms. The van der Waals surface area contributed by atoms with Crippen LogP contribution in [-0.4, -0.2) is 22.8 Å². The molecule has 3 aromatic rings. The average molecular weight is 539 g/mol. The first-order valence-electron chi connectivity index (χ1n) is 13.1. The zero-order chi connectivity index (χ0) is 27.9. The van der Waals surface area contributed by atoms with Crippen molar-refractivity contribution in [2.45, 2.75) is 63.5 Å². The third kappa shape index (κ3) is 4.80. The number of hydrogen-bond donors (Lipinski definition) is 1. The number of pyridine rings is 1. The molecule has 4 heterocycles. The van der Waals surface area contributed by atoms with E-state index in [1.807, 2.05) is 17.6 Å². The summed E-state index contributed by atoms with van der Waals surface area (Å²) in [5.74, 6) is -3.50. The SMILES string of the molecule is Cc1nc2c3cc(C4(C#N)CC4)c(=O)n(C)c3[n+]1CCC/C=C\COCC(F)(F)c1cccc(c1F)[C@@H](C)N2. The predicted octanol–water partition coefficient (Wildman–Crippen LogP) is 4.86. The molecule has 10 heteroatoms. The van der Waals surface area contributed by atoms with Crippen molar-refractivity contribution >= 4 is 16.9 Å². The maximum atomic E-state index is 15.5. The highest BCUT2D eigenvalue weighted by Crippen LogP contribution is 2.47. The van der Waals surface area contributed by atoms with Crippen molar-refractivity contribution < 1.29 is 22.5 Å². The second kappa shape index (κ2) is 10.1. The summed E-state index contributed by atoms with van der Waals surface area (Å²) in [5, 5.41) is 13.6. The quantitative estimate of drug-likeness (QED) is 0.354. The highest BCUT2D eigenvalue weighted by atomic mass is 19.3. The van der Waals surface area contributed by atoms with E-state index in [2.05, 4.69) is 11.4 Å². The molecule has 0 amide bonds. The van der Waals surface area contributed by atoms with E-state index < -0.39 is 35.4 Å². The van der Waals surface area contributed by atoms with Gasteiger partial charge in [-0.25, -0.2) is 13.5 Å². The second-order valence-corrected chi connectivity index (χ2v) is 10.4. The molecule has 1 fully saturated rings. The largest absolute Gasteiger partial charge is 0.371 e. The van der Waals surface area contributed by atoms with Crippen molar-refractivity contribution in [3.05, 3.63) is 75.1 Å². The Bertz CT molecular complexity index is 1570. The number of hydrogen-bond acceptors (Lipinski definition) is 5. The van der Waals surface area contributed by atoms with E-state index in [1.54, 1.807) is 30.7 Å².